The maximum Gasteiger partial charge on any atom is 0.235 e. The molecule has 0 spiro atoms. The van der Waals surface area contributed by atoms with Crippen molar-refractivity contribution in [1.82, 2.24) is 4.90 Å². The van der Waals surface area contributed by atoms with E-state index in [1.165, 1.54) is 4.90 Å². The van der Waals surface area contributed by atoms with E-state index in [9.17, 15) is 14.7 Å². The summed E-state index contributed by atoms with van der Waals surface area (Å²) in [7, 11) is 0. The van der Waals surface area contributed by atoms with Gasteiger partial charge in [0.05, 0.1) is 18.1 Å². The minimum absolute atomic E-state index is 0.0441. The van der Waals surface area contributed by atoms with Crippen LogP contribution in [0.3, 0.4) is 0 Å². The Morgan fingerprint density at radius 1 is 1.19 bits per heavy atom. The fraction of sp³-hybridized carbons (Fsp3) is 0.529. The molecule has 0 saturated carbocycles. The van der Waals surface area contributed by atoms with Gasteiger partial charge in [-0.3, -0.25) is 14.5 Å². The van der Waals surface area contributed by atoms with Crippen LogP contribution in [-0.2, 0) is 9.59 Å². The first-order valence-electron chi connectivity index (χ1n) is 7.53. The fourth-order valence-electron chi connectivity index (χ4n) is 2.91. The van der Waals surface area contributed by atoms with E-state index in [4.69, 9.17) is 0 Å². The number of hydrogen-bond donors (Lipinski definition) is 1. The molecule has 1 unspecified atom stereocenters. The van der Waals surface area contributed by atoms with Crippen LogP contribution in [0, 0.1) is 12.3 Å². The molecule has 21 heavy (non-hydrogen) atoms. The lowest BCUT2D eigenvalue weighted by Gasteiger charge is -2.25. The van der Waals surface area contributed by atoms with Crippen LogP contribution in [0.1, 0.15) is 50.3 Å². The number of benzene rings is 1. The summed E-state index contributed by atoms with van der Waals surface area (Å²) in [6, 6.07) is 7.49. The lowest BCUT2D eigenvalue weighted by molar-refractivity contribution is -0.143. The molecular formula is C17H23NO3. The van der Waals surface area contributed by atoms with Gasteiger partial charge in [0.25, 0.3) is 0 Å². The summed E-state index contributed by atoms with van der Waals surface area (Å²) < 4.78 is 0. The van der Waals surface area contributed by atoms with E-state index >= 15 is 0 Å². The molecule has 4 heteroatoms. The maximum atomic E-state index is 12.5. The van der Waals surface area contributed by atoms with Gasteiger partial charge < -0.3 is 5.11 Å². The topological polar surface area (TPSA) is 57.6 Å². The lowest BCUT2D eigenvalue weighted by Crippen LogP contribution is -2.37. The molecular weight excluding hydrogens is 266 g/mol. The monoisotopic (exact) mass is 289 g/mol. The van der Waals surface area contributed by atoms with Crippen LogP contribution in [-0.4, -0.2) is 28.4 Å². The Kier molecular flexibility index (Phi) is 4.47. The minimum atomic E-state index is -0.831. The second-order valence-electron chi connectivity index (χ2n) is 5.90. The Bertz CT molecular complexity index is 531. The normalized spacial score (nSPS) is 19.1. The van der Waals surface area contributed by atoms with Crippen LogP contribution < -0.4 is 0 Å². The SMILES string of the molecule is CCC1(CC)CC(=O)N(CC(O)c2ccc(C)cc2)C1=O. The van der Waals surface area contributed by atoms with Crippen molar-refractivity contribution in [2.45, 2.75) is 46.1 Å². The van der Waals surface area contributed by atoms with Gasteiger partial charge in [0, 0.05) is 6.42 Å². The number of β-amino-alcohol motifs (C(OH)–C–C–N with tert-alkyl or cyclic N) is 1. The zero-order valence-electron chi connectivity index (χ0n) is 12.9. The summed E-state index contributed by atoms with van der Waals surface area (Å²) in [4.78, 5) is 25.9. The summed E-state index contributed by atoms with van der Waals surface area (Å²) in [5.41, 5.74) is 1.27. The number of nitrogens with zero attached hydrogens (tertiary/aromatic N) is 1. The molecule has 2 rings (SSSR count). The molecule has 0 bridgehead atoms. The molecule has 1 atom stereocenters. The third-order valence-corrected chi connectivity index (χ3v) is 4.66. The molecule has 2 amide bonds. The van der Waals surface area contributed by atoms with Crippen molar-refractivity contribution >= 4 is 11.8 Å². The Morgan fingerprint density at radius 2 is 1.76 bits per heavy atom. The van der Waals surface area contributed by atoms with Gasteiger partial charge in [-0.15, -0.1) is 0 Å². The van der Waals surface area contributed by atoms with Gasteiger partial charge in [-0.25, -0.2) is 0 Å². The van der Waals surface area contributed by atoms with Crippen LogP contribution in [0.25, 0.3) is 0 Å². The first-order chi connectivity index (χ1) is 9.93. The predicted molar refractivity (Wildman–Crippen MR) is 80.5 cm³/mol. The van der Waals surface area contributed by atoms with Gasteiger partial charge in [-0.05, 0) is 25.3 Å². The van der Waals surface area contributed by atoms with Crippen LogP contribution in [0.5, 0.6) is 0 Å². The molecule has 1 aromatic rings. The molecule has 0 aromatic heterocycles. The number of aryl methyl sites for hydroxylation is 1. The highest BCUT2D eigenvalue weighted by molar-refractivity contribution is 6.05. The van der Waals surface area contributed by atoms with E-state index < -0.39 is 11.5 Å². The minimum Gasteiger partial charge on any atom is -0.387 e. The highest BCUT2D eigenvalue weighted by atomic mass is 16.3. The fourth-order valence-corrected chi connectivity index (χ4v) is 2.91. The van der Waals surface area contributed by atoms with E-state index in [1.807, 2.05) is 45.0 Å². The Hall–Kier alpha value is -1.68. The van der Waals surface area contributed by atoms with Gasteiger partial charge in [-0.2, -0.15) is 0 Å². The van der Waals surface area contributed by atoms with Crippen LogP contribution in [0.2, 0.25) is 0 Å². The Labute approximate surface area is 125 Å². The summed E-state index contributed by atoms with van der Waals surface area (Å²) >= 11 is 0. The summed E-state index contributed by atoms with van der Waals surface area (Å²) in [6.07, 6.45) is 0.749. The zero-order valence-corrected chi connectivity index (χ0v) is 12.9. The highest BCUT2D eigenvalue weighted by Gasteiger charge is 2.49. The molecule has 1 aliphatic rings. The number of aliphatic hydroxyl groups excluding tert-OH is 1. The van der Waals surface area contributed by atoms with Crippen molar-refractivity contribution in [1.29, 1.82) is 0 Å². The van der Waals surface area contributed by atoms with Crippen molar-refractivity contribution in [3.8, 4) is 0 Å². The zero-order chi connectivity index (χ0) is 15.6. The second kappa shape index (κ2) is 5.98. The molecule has 1 aliphatic heterocycles. The van der Waals surface area contributed by atoms with Gasteiger partial charge in [-0.1, -0.05) is 43.7 Å². The maximum absolute atomic E-state index is 12.5. The Morgan fingerprint density at radius 3 is 2.24 bits per heavy atom. The number of amides is 2. The number of imide groups is 1. The summed E-state index contributed by atoms with van der Waals surface area (Å²) in [5, 5.41) is 10.3. The van der Waals surface area contributed by atoms with Gasteiger partial charge in [0.1, 0.15) is 0 Å². The van der Waals surface area contributed by atoms with E-state index in [2.05, 4.69) is 0 Å². The first-order valence-corrected chi connectivity index (χ1v) is 7.53. The van der Waals surface area contributed by atoms with Crippen LogP contribution in [0.4, 0.5) is 0 Å². The smallest absolute Gasteiger partial charge is 0.235 e. The molecule has 1 aromatic carbocycles. The van der Waals surface area contributed by atoms with Crippen molar-refractivity contribution in [2.75, 3.05) is 6.54 Å². The number of hydrogen-bond acceptors (Lipinski definition) is 3. The predicted octanol–water partition coefficient (Wildman–Crippen LogP) is 2.59. The van der Waals surface area contributed by atoms with Crippen LogP contribution >= 0.6 is 0 Å². The summed E-state index contributed by atoms with van der Waals surface area (Å²) in [6.45, 7) is 5.90. The van der Waals surface area contributed by atoms with Crippen molar-refractivity contribution in [2.24, 2.45) is 5.41 Å². The summed E-state index contributed by atoms with van der Waals surface area (Å²) in [5.74, 6) is -0.307. The molecule has 114 valence electrons. The molecule has 1 heterocycles. The molecule has 0 radical (unpaired) electrons. The number of carbonyl (C=O) groups is 2. The second-order valence-corrected chi connectivity index (χ2v) is 5.90. The van der Waals surface area contributed by atoms with Crippen LogP contribution in [0.15, 0.2) is 24.3 Å². The average Bonchev–Trinajstić information content (AvgIpc) is 2.72. The van der Waals surface area contributed by atoms with E-state index in [0.29, 0.717) is 12.8 Å². The first kappa shape index (κ1) is 15.7. The average molecular weight is 289 g/mol. The molecule has 1 saturated heterocycles. The number of carbonyl (C=O) groups excluding carboxylic acids is 2. The van der Waals surface area contributed by atoms with Gasteiger partial charge in [0.2, 0.25) is 11.8 Å². The third-order valence-electron chi connectivity index (χ3n) is 4.66. The standard InChI is InChI=1S/C17H23NO3/c1-4-17(5-2)10-15(20)18(16(17)21)11-14(19)13-8-6-12(3)7-9-13/h6-9,14,19H,4-5,10-11H2,1-3H3. The number of aliphatic hydroxyl groups is 1. The molecule has 1 N–H and O–H groups in total. The largest absolute Gasteiger partial charge is 0.387 e. The van der Waals surface area contributed by atoms with Crippen molar-refractivity contribution in [3.05, 3.63) is 35.4 Å². The third kappa shape index (κ3) is 2.86. The molecule has 4 nitrogen and oxygen atoms in total. The van der Waals surface area contributed by atoms with Gasteiger partial charge in [0.15, 0.2) is 0 Å². The number of likely N-dealkylation sites (tertiary alicyclic amines) is 1. The highest BCUT2D eigenvalue weighted by Crippen LogP contribution is 2.39. The molecule has 1 fully saturated rings. The van der Waals surface area contributed by atoms with Crippen molar-refractivity contribution < 1.29 is 14.7 Å². The van der Waals surface area contributed by atoms with Crippen molar-refractivity contribution in [3.63, 3.8) is 0 Å². The van der Waals surface area contributed by atoms with E-state index in [-0.39, 0.29) is 24.8 Å². The van der Waals surface area contributed by atoms with Gasteiger partial charge >= 0.3 is 0 Å². The Balaban J connectivity index is 2.14. The van der Waals surface area contributed by atoms with E-state index in [0.717, 1.165) is 11.1 Å². The lowest BCUT2D eigenvalue weighted by atomic mass is 9.81. The molecule has 0 aliphatic carbocycles. The number of rotatable bonds is 5. The quantitative estimate of drug-likeness (QED) is 0.848. The van der Waals surface area contributed by atoms with E-state index in [1.54, 1.807) is 0 Å².